The van der Waals surface area contributed by atoms with Crippen LogP contribution in [0.3, 0.4) is 0 Å². The first-order valence-electron chi connectivity index (χ1n) is 6.69. The Hall–Kier alpha value is -1.43. The minimum absolute atomic E-state index is 0.0733. The fourth-order valence-corrected chi connectivity index (χ4v) is 5.17. The summed E-state index contributed by atoms with van der Waals surface area (Å²) in [5.74, 6) is -0.665. The average Bonchev–Trinajstić information content (AvgIpc) is 2.94. The van der Waals surface area contributed by atoms with E-state index in [1.165, 1.54) is 13.1 Å². The van der Waals surface area contributed by atoms with Crippen LogP contribution in [0.25, 0.3) is 0 Å². The highest BCUT2D eigenvalue weighted by molar-refractivity contribution is 9.11. The molecule has 0 aliphatic rings. The molecule has 0 saturated carbocycles. The Morgan fingerprint density at radius 1 is 1.20 bits per heavy atom. The van der Waals surface area contributed by atoms with Gasteiger partial charge in [0.15, 0.2) is 0 Å². The molecule has 11 heteroatoms. The minimum atomic E-state index is -4.47. The second kappa shape index (κ2) is 7.44. The zero-order chi connectivity index (χ0) is 18.8. The predicted octanol–water partition coefficient (Wildman–Crippen LogP) is 3.79. The summed E-state index contributed by atoms with van der Waals surface area (Å²) in [5.41, 5.74) is -0.698. The Bertz CT molecular complexity index is 864. The van der Waals surface area contributed by atoms with Gasteiger partial charge in [-0.3, -0.25) is 4.79 Å². The second-order valence-electron chi connectivity index (χ2n) is 4.94. The van der Waals surface area contributed by atoms with E-state index in [1.807, 2.05) is 0 Å². The molecular formula is C14H12BrF3N2O3S2. The van der Waals surface area contributed by atoms with Crippen molar-refractivity contribution in [1.82, 2.24) is 4.31 Å². The Morgan fingerprint density at radius 3 is 2.28 bits per heavy atom. The zero-order valence-electron chi connectivity index (χ0n) is 12.7. The maximum Gasteiger partial charge on any atom is 0.416 e. The fraction of sp³-hybridized carbons (Fsp3) is 0.214. The monoisotopic (exact) mass is 456 g/mol. The number of alkyl halides is 3. The number of halogens is 4. The molecule has 1 aromatic heterocycles. The summed E-state index contributed by atoms with van der Waals surface area (Å²) in [5, 5.41) is 2.36. The number of nitrogens with zero attached hydrogens (tertiary/aromatic N) is 1. The largest absolute Gasteiger partial charge is 0.416 e. The van der Waals surface area contributed by atoms with Crippen molar-refractivity contribution in [3.8, 4) is 0 Å². The van der Waals surface area contributed by atoms with E-state index in [9.17, 15) is 26.4 Å². The van der Waals surface area contributed by atoms with Gasteiger partial charge in [-0.05, 0) is 52.3 Å². The van der Waals surface area contributed by atoms with Gasteiger partial charge in [0.05, 0.1) is 15.9 Å². The molecule has 0 fully saturated rings. The fourth-order valence-electron chi connectivity index (χ4n) is 1.82. The average molecular weight is 457 g/mol. The number of nitrogens with one attached hydrogen (secondary N) is 1. The van der Waals surface area contributed by atoms with Crippen LogP contribution in [0.4, 0.5) is 18.9 Å². The molecule has 25 heavy (non-hydrogen) atoms. The lowest BCUT2D eigenvalue weighted by atomic mass is 10.2. The first kappa shape index (κ1) is 19.9. The van der Waals surface area contributed by atoms with Crippen molar-refractivity contribution < 1.29 is 26.4 Å². The standard InChI is InChI=1S/C14H12BrF3N2O3S2/c1-20(25(22,23)13-7-6-11(15)24-13)8-12(21)19-10-4-2-9(3-5-10)14(16,17)18/h2-7H,8H2,1H3,(H,19,21). The number of rotatable bonds is 5. The van der Waals surface area contributed by atoms with Crippen molar-refractivity contribution in [2.45, 2.75) is 10.4 Å². The molecule has 1 aromatic carbocycles. The van der Waals surface area contributed by atoms with Crippen LogP contribution < -0.4 is 5.32 Å². The van der Waals surface area contributed by atoms with Crippen LogP contribution in [0, 0.1) is 0 Å². The molecule has 2 aromatic rings. The van der Waals surface area contributed by atoms with E-state index in [0.29, 0.717) is 3.79 Å². The number of carbonyl (C=O) groups excluding carboxylic acids is 1. The molecule has 0 aliphatic carbocycles. The highest BCUT2D eigenvalue weighted by Gasteiger charge is 2.30. The van der Waals surface area contributed by atoms with Crippen LogP contribution >= 0.6 is 27.3 Å². The van der Waals surface area contributed by atoms with Crippen molar-refractivity contribution in [2.75, 3.05) is 18.9 Å². The number of benzene rings is 1. The summed E-state index contributed by atoms with van der Waals surface area (Å²) in [6, 6.07) is 6.86. The van der Waals surface area contributed by atoms with E-state index in [2.05, 4.69) is 21.2 Å². The first-order valence-corrected chi connectivity index (χ1v) is 9.74. The number of anilines is 1. The maximum absolute atomic E-state index is 12.5. The zero-order valence-corrected chi connectivity index (χ0v) is 15.9. The molecule has 0 spiro atoms. The summed E-state index contributed by atoms with van der Waals surface area (Å²) in [7, 11) is -2.57. The quantitative estimate of drug-likeness (QED) is 0.743. The van der Waals surface area contributed by atoms with E-state index in [-0.39, 0.29) is 9.90 Å². The Labute approximate surface area is 154 Å². The Morgan fingerprint density at radius 2 is 1.80 bits per heavy atom. The first-order chi connectivity index (χ1) is 11.5. The summed E-state index contributed by atoms with van der Waals surface area (Å²) in [6.07, 6.45) is -4.47. The van der Waals surface area contributed by atoms with Crippen molar-refractivity contribution in [2.24, 2.45) is 0 Å². The van der Waals surface area contributed by atoms with Crippen LogP contribution in [0.2, 0.25) is 0 Å². The lowest BCUT2D eigenvalue weighted by molar-refractivity contribution is -0.137. The maximum atomic E-state index is 12.5. The topological polar surface area (TPSA) is 66.5 Å². The minimum Gasteiger partial charge on any atom is -0.325 e. The molecule has 0 bridgehead atoms. The van der Waals surface area contributed by atoms with Gasteiger partial charge in [-0.1, -0.05) is 0 Å². The number of carbonyl (C=O) groups is 1. The summed E-state index contributed by atoms with van der Waals surface area (Å²) in [6.45, 7) is -0.473. The molecule has 2 rings (SSSR count). The van der Waals surface area contributed by atoms with E-state index in [1.54, 1.807) is 6.07 Å². The number of amides is 1. The van der Waals surface area contributed by atoms with Gasteiger partial charge in [-0.15, -0.1) is 11.3 Å². The van der Waals surface area contributed by atoms with Gasteiger partial charge in [-0.25, -0.2) is 8.42 Å². The van der Waals surface area contributed by atoms with Gasteiger partial charge >= 0.3 is 6.18 Å². The van der Waals surface area contributed by atoms with E-state index < -0.39 is 34.2 Å². The van der Waals surface area contributed by atoms with Gasteiger partial charge in [0, 0.05) is 12.7 Å². The molecule has 0 atom stereocenters. The van der Waals surface area contributed by atoms with Crippen molar-refractivity contribution in [1.29, 1.82) is 0 Å². The van der Waals surface area contributed by atoms with Gasteiger partial charge in [0.25, 0.3) is 10.0 Å². The Kier molecular flexibility index (Phi) is 5.92. The normalized spacial score (nSPS) is 12.4. The van der Waals surface area contributed by atoms with Crippen LogP contribution in [0.15, 0.2) is 44.4 Å². The molecule has 1 N–H and O–H groups in total. The second-order valence-corrected chi connectivity index (χ2v) is 9.68. The number of likely N-dealkylation sites (N-methyl/N-ethyl adjacent to an activating group) is 1. The summed E-state index contributed by atoms with van der Waals surface area (Å²) in [4.78, 5) is 11.9. The molecule has 0 aliphatic heterocycles. The lowest BCUT2D eigenvalue weighted by Crippen LogP contribution is -2.34. The van der Waals surface area contributed by atoms with Crippen LogP contribution in [-0.2, 0) is 21.0 Å². The van der Waals surface area contributed by atoms with Crippen LogP contribution in [0.5, 0.6) is 0 Å². The molecule has 1 amide bonds. The highest BCUT2D eigenvalue weighted by Crippen LogP contribution is 2.30. The molecule has 0 radical (unpaired) electrons. The molecule has 1 heterocycles. The number of sulfonamides is 1. The molecular weight excluding hydrogens is 445 g/mol. The predicted molar refractivity (Wildman–Crippen MR) is 91.9 cm³/mol. The number of hydrogen-bond donors (Lipinski definition) is 1. The molecule has 0 unspecified atom stereocenters. The number of thiophene rings is 1. The third kappa shape index (κ3) is 5.03. The van der Waals surface area contributed by atoms with Crippen molar-refractivity contribution >= 4 is 48.9 Å². The van der Waals surface area contributed by atoms with Gasteiger partial charge in [0.2, 0.25) is 5.91 Å². The number of hydrogen-bond acceptors (Lipinski definition) is 4. The van der Waals surface area contributed by atoms with Gasteiger partial charge < -0.3 is 5.32 Å². The third-order valence-electron chi connectivity index (χ3n) is 3.08. The van der Waals surface area contributed by atoms with Crippen LogP contribution in [-0.4, -0.2) is 32.2 Å². The summed E-state index contributed by atoms with van der Waals surface area (Å²) < 4.78 is 63.6. The van der Waals surface area contributed by atoms with Crippen molar-refractivity contribution in [3.05, 3.63) is 45.7 Å². The molecule has 136 valence electrons. The van der Waals surface area contributed by atoms with Crippen molar-refractivity contribution in [3.63, 3.8) is 0 Å². The molecule has 0 saturated heterocycles. The highest BCUT2D eigenvalue weighted by atomic mass is 79.9. The lowest BCUT2D eigenvalue weighted by Gasteiger charge is -2.16. The SMILES string of the molecule is CN(CC(=O)Nc1ccc(C(F)(F)F)cc1)S(=O)(=O)c1ccc(Br)s1. The third-order valence-corrected chi connectivity index (χ3v) is 6.97. The van der Waals surface area contributed by atoms with E-state index in [4.69, 9.17) is 0 Å². The van der Waals surface area contributed by atoms with E-state index in [0.717, 1.165) is 39.9 Å². The molecule has 5 nitrogen and oxygen atoms in total. The van der Waals surface area contributed by atoms with Crippen LogP contribution in [0.1, 0.15) is 5.56 Å². The Balaban J connectivity index is 2.02. The van der Waals surface area contributed by atoms with Gasteiger partial charge in [-0.2, -0.15) is 17.5 Å². The summed E-state index contributed by atoms with van der Waals surface area (Å²) >= 11 is 4.17. The van der Waals surface area contributed by atoms with E-state index >= 15 is 0 Å². The smallest absolute Gasteiger partial charge is 0.325 e. The van der Waals surface area contributed by atoms with Gasteiger partial charge in [0.1, 0.15) is 4.21 Å².